The molecule has 2 aromatic rings. The fourth-order valence-electron chi connectivity index (χ4n) is 2.25. The van der Waals surface area contributed by atoms with Crippen LogP contribution in [0.15, 0.2) is 58.3 Å². The highest BCUT2D eigenvalue weighted by Gasteiger charge is 2.17. The predicted octanol–water partition coefficient (Wildman–Crippen LogP) is 4.33. The number of rotatable bonds is 6. The molecule has 5 nitrogen and oxygen atoms in total. The molecular formula is C19H22N2O3S. The van der Waals surface area contributed by atoms with Crippen LogP contribution in [0.1, 0.15) is 12.5 Å². The summed E-state index contributed by atoms with van der Waals surface area (Å²) < 4.78 is 0. The van der Waals surface area contributed by atoms with Gasteiger partial charge < -0.3 is 15.3 Å². The Bertz CT molecular complexity index is 750. The minimum Gasteiger partial charge on any atom is -0.481 e. The summed E-state index contributed by atoms with van der Waals surface area (Å²) in [6.45, 7) is 3.67. The van der Waals surface area contributed by atoms with Crippen LogP contribution in [0.5, 0.6) is 0 Å². The molecule has 2 aromatic carbocycles. The molecule has 0 aliphatic rings. The van der Waals surface area contributed by atoms with E-state index in [2.05, 4.69) is 5.32 Å². The number of carbonyl (C=O) groups is 2. The van der Waals surface area contributed by atoms with Crippen molar-refractivity contribution in [1.29, 1.82) is 0 Å². The third-order valence-electron chi connectivity index (χ3n) is 3.73. The van der Waals surface area contributed by atoms with E-state index in [9.17, 15) is 9.59 Å². The lowest BCUT2D eigenvalue weighted by Crippen LogP contribution is -2.36. The van der Waals surface area contributed by atoms with Gasteiger partial charge in [0, 0.05) is 29.1 Å². The Kier molecular flexibility index (Phi) is 6.47. The molecule has 0 aromatic heterocycles. The van der Waals surface area contributed by atoms with Crippen LogP contribution in [0.25, 0.3) is 0 Å². The van der Waals surface area contributed by atoms with E-state index in [-0.39, 0.29) is 12.6 Å². The Hall–Kier alpha value is -2.47. The summed E-state index contributed by atoms with van der Waals surface area (Å²) >= 11 is 1.66. The third kappa shape index (κ3) is 5.53. The maximum absolute atomic E-state index is 12.2. The minimum atomic E-state index is -0.918. The summed E-state index contributed by atoms with van der Waals surface area (Å²) in [5.41, 5.74) is 1.67. The van der Waals surface area contributed by atoms with Crippen LogP contribution in [0.2, 0.25) is 0 Å². The van der Waals surface area contributed by atoms with Crippen molar-refractivity contribution in [3.8, 4) is 0 Å². The zero-order valence-electron chi connectivity index (χ0n) is 14.5. The SMILES string of the molecule is Cc1cc(Sc2ccccc2)ccc1NC(=O)N(C)CC(C)C(=O)O. The van der Waals surface area contributed by atoms with Crippen LogP contribution in [0.4, 0.5) is 10.5 Å². The molecule has 0 saturated carbocycles. The third-order valence-corrected chi connectivity index (χ3v) is 4.73. The monoisotopic (exact) mass is 358 g/mol. The lowest BCUT2D eigenvalue weighted by Gasteiger charge is -2.20. The first-order valence-electron chi connectivity index (χ1n) is 7.95. The fraction of sp³-hybridized carbons (Fsp3) is 0.263. The van der Waals surface area contributed by atoms with Crippen molar-refractivity contribution in [3.63, 3.8) is 0 Å². The fourth-order valence-corrected chi connectivity index (χ4v) is 3.18. The van der Waals surface area contributed by atoms with E-state index in [4.69, 9.17) is 5.11 Å². The zero-order chi connectivity index (χ0) is 18.4. The summed E-state index contributed by atoms with van der Waals surface area (Å²) in [5.74, 6) is -1.53. The highest BCUT2D eigenvalue weighted by Crippen LogP contribution is 2.30. The largest absolute Gasteiger partial charge is 0.481 e. The second-order valence-electron chi connectivity index (χ2n) is 5.94. The second-order valence-corrected chi connectivity index (χ2v) is 7.09. The first-order chi connectivity index (χ1) is 11.9. The Balaban J connectivity index is 2.00. The average Bonchev–Trinajstić information content (AvgIpc) is 2.58. The molecule has 1 unspecified atom stereocenters. The van der Waals surface area contributed by atoms with Crippen LogP contribution in [-0.4, -0.2) is 35.6 Å². The lowest BCUT2D eigenvalue weighted by molar-refractivity contribution is -0.141. The molecule has 0 aliphatic heterocycles. The van der Waals surface area contributed by atoms with Crippen molar-refractivity contribution in [1.82, 2.24) is 4.90 Å². The second kappa shape index (κ2) is 8.58. The number of benzene rings is 2. The minimum absolute atomic E-state index is 0.155. The number of aliphatic carboxylic acids is 1. The number of amides is 2. The zero-order valence-corrected chi connectivity index (χ0v) is 15.3. The van der Waals surface area contributed by atoms with Gasteiger partial charge in [0.2, 0.25) is 0 Å². The molecule has 1 atom stereocenters. The van der Waals surface area contributed by atoms with Crippen molar-refractivity contribution in [2.45, 2.75) is 23.6 Å². The Morgan fingerprint density at radius 1 is 1.16 bits per heavy atom. The van der Waals surface area contributed by atoms with Gasteiger partial charge in [-0.15, -0.1) is 0 Å². The van der Waals surface area contributed by atoms with Gasteiger partial charge in [-0.3, -0.25) is 4.79 Å². The van der Waals surface area contributed by atoms with Crippen molar-refractivity contribution in [2.75, 3.05) is 18.9 Å². The van der Waals surface area contributed by atoms with Gasteiger partial charge in [0.05, 0.1) is 5.92 Å². The Morgan fingerprint density at radius 2 is 1.84 bits per heavy atom. The quantitative estimate of drug-likeness (QED) is 0.806. The van der Waals surface area contributed by atoms with Gasteiger partial charge in [-0.25, -0.2) is 4.79 Å². The molecule has 0 heterocycles. The van der Waals surface area contributed by atoms with Crippen molar-refractivity contribution in [2.24, 2.45) is 5.92 Å². The highest BCUT2D eigenvalue weighted by atomic mass is 32.2. The van der Waals surface area contributed by atoms with Crippen molar-refractivity contribution < 1.29 is 14.7 Å². The summed E-state index contributed by atoms with van der Waals surface area (Å²) in [5, 5.41) is 11.8. The molecule has 0 saturated heterocycles. The Labute approximate surface area is 152 Å². The molecule has 132 valence electrons. The van der Waals surface area contributed by atoms with Gasteiger partial charge in [-0.05, 0) is 42.8 Å². The molecule has 0 fully saturated rings. The number of carbonyl (C=O) groups excluding carboxylic acids is 1. The van der Waals surface area contributed by atoms with Crippen molar-refractivity contribution >= 4 is 29.4 Å². The Morgan fingerprint density at radius 3 is 2.44 bits per heavy atom. The number of nitrogens with zero attached hydrogens (tertiary/aromatic N) is 1. The van der Waals surface area contributed by atoms with Gasteiger partial charge in [-0.2, -0.15) is 0 Å². The normalized spacial score (nSPS) is 11.6. The number of urea groups is 1. The van der Waals surface area contributed by atoms with Crippen LogP contribution in [0, 0.1) is 12.8 Å². The molecule has 0 bridgehead atoms. The van der Waals surface area contributed by atoms with E-state index < -0.39 is 11.9 Å². The number of hydrogen-bond acceptors (Lipinski definition) is 3. The van der Waals surface area contributed by atoms with Gasteiger partial charge in [0.25, 0.3) is 0 Å². The van der Waals surface area contributed by atoms with Gasteiger partial charge >= 0.3 is 12.0 Å². The first-order valence-corrected chi connectivity index (χ1v) is 8.77. The summed E-state index contributed by atoms with van der Waals surface area (Å²) in [7, 11) is 1.59. The van der Waals surface area contributed by atoms with Gasteiger partial charge in [0.1, 0.15) is 0 Å². The number of carboxylic acids is 1. The molecule has 2 rings (SSSR count). The van der Waals surface area contributed by atoms with Gasteiger partial charge in [-0.1, -0.05) is 36.9 Å². The summed E-state index contributed by atoms with van der Waals surface area (Å²) in [6, 6.07) is 15.6. The van der Waals surface area contributed by atoms with E-state index in [1.165, 1.54) is 4.90 Å². The molecule has 2 amide bonds. The molecule has 0 spiro atoms. The van der Waals surface area contributed by atoms with Crippen molar-refractivity contribution in [3.05, 3.63) is 54.1 Å². The maximum atomic E-state index is 12.2. The molecule has 0 radical (unpaired) electrons. The van der Waals surface area contributed by atoms with Crippen LogP contribution in [-0.2, 0) is 4.79 Å². The maximum Gasteiger partial charge on any atom is 0.321 e. The molecule has 0 aliphatic carbocycles. The van der Waals surface area contributed by atoms with E-state index in [1.807, 2.05) is 55.5 Å². The molecule has 2 N–H and O–H groups in total. The number of nitrogens with one attached hydrogen (secondary N) is 1. The average molecular weight is 358 g/mol. The van der Waals surface area contributed by atoms with Crippen LogP contribution in [0.3, 0.4) is 0 Å². The predicted molar refractivity (Wildman–Crippen MR) is 100 cm³/mol. The van der Waals surface area contributed by atoms with E-state index in [0.29, 0.717) is 0 Å². The first kappa shape index (κ1) is 18.9. The topological polar surface area (TPSA) is 69.6 Å². The summed E-state index contributed by atoms with van der Waals surface area (Å²) in [4.78, 5) is 26.7. The molecule has 25 heavy (non-hydrogen) atoms. The number of carboxylic acid groups (broad SMARTS) is 1. The van der Waals surface area contributed by atoms with Gasteiger partial charge in [0.15, 0.2) is 0 Å². The van der Waals surface area contributed by atoms with E-state index >= 15 is 0 Å². The number of aryl methyl sites for hydroxylation is 1. The summed E-state index contributed by atoms with van der Waals surface area (Å²) in [6.07, 6.45) is 0. The highest BCUT2D eigenvalue weighted by molar-refractivity contribution is 7.99. The lowest BCUT2D eigenvalue weighted by atomic mass is 10.2. The van der Waals surface area contributed by atoms with Crippen LogP contribution >= 0.6 is 11.8 Å². The van der Waals surface area contributed by atoms with E-state index in [0.717, 1.165) is 21.0 Å². The van der Waals surface area contributed by atoms with Crippen LogP contribution < -0.4 is 5.32 Å². The number of anilines is 1. The number of hydrogen-bond donors (Lipinski definition) is 2. The molecular weight excluding hydrogens is 336 g/mol. The molecule has 6 heteroatoms. The standard InChI is InChI=1S/C19H22N2O3S/c1-13-11-16(25-15-7-5-4-6-8-15)9-10-17(13)20-19(24)21(3)12-14(2)18(22)23/h4-11,14H,12H2,1-3H3,(H,20,24)(H,22,23). The van der Waals surface area contributed by atoms with E-state index in [1.54, 1.807) is 25.7 Å². The smallest absolute Gasteiger partial charge is 0.321 e.